The van der Waals surface area contributed by atoms with Crippen LogP contribution in [0.25, 0.3) is 28.2 Å². The van der Waals surface area contributed by atoms with Gasteiger partial charge in [-0.15, -0.1) is 10.2 Å². The van der Waals surface area contributed by atoms with Crippen LogP contribution in [0.5, 0.6) is 0 Å². The first kappa shape index (κ1) is 20.9. The Bertz CT molecular complexity index is 1470. The third kappa shape index (κ3) is 3.64. The van der Waals surface area contributed by atoms with Crippen LogP contribution in [-0.4, -0.2) is 47.3 Å². The second kappa shape index (κ2) is 8.61. The molecule has 0 N–H and O–H groups in total. The molecule has 1 aliphatic heterocycles. The number of ether oxygens (including phenoxy) is 1. The Balaban J connectivity index is 1.53. The molecule has 1 aromatic carbocycles. The van der Waals surface area contributed by atoms with Gasteiger partial charge in [0, 0.05) is 25.6 Å². The van der Waals surface area contributed by atoms with Crippen LogP contribution >= 0.6 is 0 Å². The molecule has 8 heteroatoms. The number of aryl methyl sites for hydroxylation is 2. The van der Waals surface area contributed by atoms with Gasteiger partial charge in [-0.05, 0) is 61.9 Å². The fourth-order valence-corrected chi connectivity index (χ4v) is 4.85. The summed E-state index contributed by atoms with van der Waals surface area (Å²) in [7, 11) is 0. The minimum absolute atomic E-state index is 0.517. The van der Waals surface area contributed by atoms with Gasteiger partial charge in [0.15, 0.2) is 11.5 Å². The van der Waals surface area contributed by atoms with E-state index in [-0.39, 0.29) is 0 Å². The van der Waals surface area contributed by atoms with Crippen molar-refractivity contribution < 1.29 is 4.74 Å². The molecule has 1 aliphatic rings. The molecule has 1 fully saturated rings. The van der Waals surface area contributed by atoms with E-state index in [2.05, 4.69) is 44.9 Å². The lowest BCUT2D eigenvalue weighted by atomic mass is 9.91. The molecule has 1 saturated heterocycles. The third-order valence-corrected chi connectivity index (χ3v) is 6.71. The highest BCUT2D eigenvalue weighted by Crippen LogP contribution is 2.32. The first-order valence-corrected chi connectivity index (χ1v) is 11.9. The number of fused-ring (bicyclic) bond motifs is 2. The second-order valence-corrected chi connectivity index (χ2v) is 8.84. The van der Waals surface area contributed by atoms with Gasteiger partial charge < -0.3 is 9.30 Å². The van der Waals surface area contributed by atoms with Crippen molar-refractivity contribution in [3.8, 4) is 11.5 Å². The van der Waals surface area contributed by atoms with Gasteiger partial charge in [0.05, 0.1) is 29.0 Å². The van der Waals surface area contributed by atoms with Crippen molar-refractivity contribution in [2.24, 2.45) is 0 Å². The molecule has 8 nitrogen and oxygen atoms in total. The minimum Gasteiger partial charge on any atom is -0.381 e. The normalized spacial score (nSPS) is 14.9. The third-order valence-electron chi connectivity index (χ3n) is 6.71. The van der Waals surface area contributed by atoms with Gasteiger partial charge in [-0.2, -0.15) is 0 Å². The molecule has 0 aliphatic carbocycles. The monoisotopic (exact) mass is 453 g/mol. The molecular formula is C26H27N7O. The topological polar surface area (TPSA) is 83.0 Å². The van der Waals surface area contributed by atoms with Crippen LogP contribution in [-0.2, 0) is 17.7 Å². The van der Waals surface area contributed by atoms with E-state index in [0.29, 0.717) is 12.5 Å². The Morgan fingerprint density at radius 2 is 1.94 bits per heavy atom. The summed E-state index contributed by atoms with van der Waals surface area (Å²) in [4.78, 5) is 14.7. The zero-order valence-corrected chi connectivity index (χ0v) is 19.5. The summed E-state index contributed by atoms with van der Waals surface area (Å²) in [5.74, 6) is 2.18. The molecule has 5 aromatic rings. The summed E-state index contributed by atoms with van der Waals surface area (Å²) in [5.41, 5.74) is 6.90. The molecule has 0 unspecified atom stereocenters. The van der Waals surface area contributed by atoms with E-state index in [0.717, 1.165) is 77.9 Å². The summed E-state index contributed by atoms with van der Waals surface area (Å²) < 4.78 is 9.80. The quantitative estimate of drug-likeness (QED) is 0.393. The van der Waals surface area contributed by atoms with E-state index in [9.17, 15) is 0 Å². The Morgan fingerprint density at radius 3 is 2.74 bits per heavy atom. The molecule has 0 spiro atoms. The molecule has 34 heavy (non-hydrogen) atoms. The van der Waals surface area contributed by atoms with Crippen molar-refractivity contribution in [2.45, 2.75) is 45.6 Å². The fourth-order valence-electron chi connectivity index (χ4n) is 4.85. The van der Waals surface area contributed by atoms with E-state index in [1.807, 2.05) is 41.9 Å². The summed E-state index contributed by atoms with van der Waals surface area (Å²) in [6.45, 7) is 6.31. The molecule has 0 radical (unpaired) electrons. The number of aromatic nitrogens is 7. The SMILES string of the molecule is CCc1nc(-c2nc3cc(C4CCOCC4)ccc3n2Cc2ccccn2)cn2c(C)nnc12. The number of hydrogen-bond acceptors (Lipinski definition) is 6. The number of imidazole rings is 1. The minimum atomic E-state index is 0.517. The molecular weight excluding hydrogens is 426 g/mol. The lowest BCUT2D eigenvalue weighted by molar-refractivity contribution is 0.0853. The average Bonchev–Trinajstić information content (AvgIpc) is 3.44. The molecule has 172 valence electrons. The predicted molar refractivity (Wildman–Crippen MR) is 130 cm³/mol. The largest absolute Gasteiger partial charge is 0.381 e. The maximum atomic E-state index is 5.57. The lowest BCUT2D eigenvalue weighted by Gasteiger charge is -2.22. The second-order valence-electron chi connectivity index (χ2n) is 8.84. The number of pyridine rings is 1. The first-order chi connectivity index (χ1) is 16.7. The van der Waals surface area contributed by atoms with Crippen molar-refractivity contribution in [3.05, 3.63) is 71.6 Å². The van der Waals surface area contributed by atoms with Crippen molar-refractivity contribution in [1.82, 2.24) is 34.1 Å². The van der Waals surface area contributed by atoms with E-state index >= 15 is 0 Å². The molecule has 0 atom stereocenters. The van der Waals surface area contributed by atoms with E-state index in [1.165, 1.54) is 5.56 Å². The van der Waals surface area contributed by atoms with Crippen LogP contribution in [0.2, 0.25) is 0 Å². The summed E-state index contributed by atoms with van der Waals surface area (Å²) >= 11 is 0. The van der Waals surface area contributed by atoms with Crippen LogP contribution in [0.15, 0.2) is 48.8 Å². The molecule has 0 saturated carbocycles. The fraction of sp³-hybridized carbons (Fsp3) is 0.346. The summed E-state index contributed by atoms with van der Waals surface area (Å²) in [6.07, 6.45) is 6.70. The van der Waals surface area contributed by atoms with Gasteiger partial charge in [0.25, 0.3) is 0 Å². The van der Waals surface area contributed by atoms with Crippen LogP contribution in [0.4, 0.5) is 0 Å². The van der Waals surface area contributed by atoms with Crippen LogP contribution in [0, 0.1) is 6.92 Å². The number of nitrogens with zero attached hydrogens (tertiary/aromatic N) is 7. The summed E-state index contributed by atoms with van der Waals surface area (Å²) in [6, 6.07) is 12.7. The van der Waals surface area contributed by atoms with Gasteiger partial charge in [-0.3, -0.25) is 9.38 Å². The highest BCUT2D eigenvalue weighted by atomic mass is 16.5. The maximum Gasteiger partial charge on any atom is 0.182 e. The van der Waals surface area contributed by atoms with Gasteiger partial charge >= 0.3 is 0 Å². The van der Waals surface area contributed by atoms with Crippen LogP contribution in [0.3, 0.4) is 0 Å². The van der Waals surface area contributed by atoms with Crippen molar-refractivity contribution in [2.75, 3.05) is 13.2 Å². The average molecular weight is 454 g/mol. The highest BCUT2D eigenvalue weighted by molar-refractivity contribution is 5.81. The Hall–Kier alpha value is -3.65. The van der Waals surface area contributed by atoms with E-state index in [4.69, 9.17) is 14.7 Å². The number of benzene rings is 1. The predicted octanol–water partition coefficient (Wildman–Crippen LogP) is 4.35. The van der Waals surface area contributed by atoms with Crippen LogP contribution in [0.1, 0.15) is 48.5 Å². The first-order valence-electron chi connectivity index (χ1n) is 11.9. The number of rotatable bonds is 5. The molecule has 6 rings (SSSR count). The Labute approximate surface area is 197 Å². The molecule has 0 amide bonds. The molecule has 4 aromatic heterocycles. The zero-order valence-electron chi connectivity index (χ0n) is 19.5. The Kier molecular flexibility index (Phi) is 5.30. The van der Waals surface area contributed by atoms with Crippen molar-refractivity contribution in [1.29, 1.82) is 0 Å². The lowest BCUT2D eigenvalue weighted by Crippen LogP contribution is -2.14. The van der Waals surface area contributed by atoms with Crippen LogP contribution < -0.4 is 0 Å². The summed E-state index contributed by atoms with van der Waals surface area (Å²) in [5, 5.41) is 8.58. The molecule has 0 bridgehead atoms. The van der Waals surface area contributed by atoms with Crippen molar-refractivity contribution >= 4 is 16.7 Å². The maximum absolute atomic E-state index is 5.57. The standard InChI is InChI=1S/C26H27N7O/c1-3-21-26-31-30-17(2)32(26)16-23(28-21)25-29-22-14-19(18-9-12-34-13-10-18)7-8-24(22)33(25)15-20-6-4-5-11-27-20/h4-8,11,14,16,18H,3,9-10,12-13,15H2,1-2H3. The van der Waals surface area contributed by atoms with E-state index in [1.54, 1.807) is 0 Å². The number of hydrogen-bond donors (Lipinski definition) is 0. The van der Waals surface area contributed by atoms with Crippen molar-refractivity contribution in [3.63, 3.8) is 0 Å². The van der Waals surface area contributed by atoms with Gasteiger partial charge in [-0.1, -0.05) is 19.1 Å². The highest BCUT2D eigenvalue weighted by Gasteiger charge is 2.21. The van der Waals surface area contributed by atoms with E-state index < -0.39 is 0 Å². The van der Waals surface area contributed by atoms with Gasteiger partial charge in [0.2, 0.25) is 0 Å². The zero-order chi connectivity index (χ0) is 23.1. The molecule has 5 heterocycles. The van der Waals surface area contributed by atoms with Gasteiger partial charge in [-0.25, -0.2) is 9.97 Å². The van der Waals surface area contributed by atoms with Gasteiger partial charge in [0.1, 0.15) is 11.5 Å². The smallest absolute Gasteiger partial charge is 0.182 e. The Morgan fingerprint density at radius 1 is 1.06 bits per heavy atom.